The SMILES string of the molecule is CCC(C)NC(=O)C(CC)N(Cc1ccccc1)C(=O)CN(c1cccc(C(F)(F)F)c1)S(=O)(=O)c1ccccc1. The smallest absolute Gasteiger partial charge is 0.352 e. The molecule has 0 spiro atoms. The molecule has 0 saturated heterocycles. The van der Waals surface area contributed by atoms with Gasteiger partial charge in [-0.1, -0.05) is 68.4 Å². The van der Waals surface area contributed by atoms with Crippen molar-refractivity contribution in [1.82, 2.24) is 10.2 Å². The number of rotatable bonds is 12. The van der Waals surface area contributed by atoms with E-state index in [9.17, 15) is 31.2 Å². The van der Waals surface area contributed by atoms with Crippen molar-refractivity contribution in [2.24, 2.45) is 0 Å². The van der Waals surface area contributed by atoms with Gasteiger partial charge in [0.2, 0.25) is 11.8 Å². The van der Waals surface area contributed by atoms with Gasteiger partial charge >= 0.3 is 6.18 Å². The zero-order valence-corrected chi connectivity index (χ0v) is 24.0. The van der Waals surface area contributed by atoms with Gasteiger partial charge in [-0.3, -0.25) is 13.9 Å². The predicted molar refractivity (Wildman–Crippen MR) is 151 cm³/mol. The van der Waals surface area contributed by atoms with E-state index >= 15 is 0 Å². The standard InChI is InChI=1S/C30H34F3N3O4S/c1-4-22(3)34-29(38)27(5-2)35(20-23-13-8-6-9-14-23)28(37)21-36(41(39,40)26-17-10-7-11-18-26)25-16-12-15-24(19-25)30(31,32)33/h6-19,22,27H,4-5,20-21H2,1-3H3,(H,34,38). The normalized spacial score (nSPS) is 13.2. The summed E-state index contributed by atoms with van der Waals surface area (Å²) in [6.45, 7) is 4.64. The first-order valence-corrected chi connectivity index (χ1v) is 14.7. The van der Waals surface area contributed by atoms with Gasteiger partial charge < -0.3 is 10.2 Å². The molecule has 2 unspecified atom stereocenters. The molecule has 0 bridgehead atoms. The summed E-state index contributed by atoms with van der Waals surface area (Å²) in [5.74, 6) is -1.14. The number of anilines is 1. The number of halogens is 3. The molecular weight excluding hydrogens is 555 g/mol. The Hall–Kier alpha value is -3.86. The Morgan fingerprint density at radius 2 is 1.49 bits per heavy atom. The van der Waals surface area contributed by atoms with Crippen LogP contribution in [0.5, 0.6) is 0 Å². The van der Waals surface area contributed by atoms with Gasteiger partial charge in [-0.15, -0.1) is 0 Å². The second kappa shape index (κ2) is 13.7. The van der Waals surface area contributed by atoms with E-state index in [-0.39, 0.29) is 29.6 Å². The third-order valence-electron chi connectivity index (χ3n) is 6.65. The molecule has 0 aliphatic heterocycles. The topological polar surface area (TPSA) is 86.8 Å². The van der Waals surface area contributed by atoms with Crippen LogP contribution in [0, 0.1) is 0 Å². The molecule has 1 N–H and O–H groups in total. The van der Waals surface area contributed by atoms with Gasteiger partial charge in [0.15, 0.2) is 0 Å². The van der Waals surface area contributed by atoms with Gasteiger partial charge in [-0.05, 0) is 55.7 Å². The highest BCUT2D eigenvalue weighted by molar-refractivity contribution is 7.92. The van der Waals surface area contributed by atoms with Crippen molar-refractivity contribution in [2.75, 3.05) is 10.8 Å². The van der Waals surface area contributed by atoms with Gasteiger partial charge in [-0.25, -0.2) is 8.42 Å². The highest BCUT2D eigenvalue weighted by atomic mass is 32.2. The van der Waals surface area contributed by atoms with E-state index in [0.717, 1.165) is 12.1 Å². The van der Waals surface area contributed by atoms with E-state index in [0.29, 0.717) is 22.4 Å². The fraction of sp³-hybridized carbons (Fsp3) is 0.333. The Morgan fingerprint density at radius 1 is 0.878 bits per heavy atom. The van der Waals surface area contributed by atoms with Crippen LogP contribution in [-0.2, 0) is 32.3 Å². The van der Waals surface area contributed by atoms with Crippen LogP contribution in [0.1, 0.15) is 44.7 Å². The summed E-state index contributed by atoms with van der Waals surface area (Å²) in [5, 5.41) is 2.88. The van der Waals surface area contributed by atoms with Crippen LogP contribution in [0.4, 0.5) is 18.9 Å². The first-order valence-electron chi connectivity index (χ1n) is 13.3. The maximum atomic E-state index is 14.0. The van der Waals surface area contributed by atoms with E-state index in [4.69, 9.17) is 0 Å². The molecule has 0 fully saturated rings. The number of hydrogen-bond acceptors (Lipinski definition) is 4. The van der Waals surface area contributed by atoms with Crippen LogP contribution >= 0.6 is 0 Å². The number of nitrogens with one attached hydrogen (secondary N) is 1. The van der Waals surface area contributed by atoms with E-state index in [2.05, 4.69) is 5.32 Å². The van der Waals surface area contributed by atoms with Gasteiger partial charge in [-0.2, -0.15) is 13.2 Å². The van der Waals surface area contributed by atoms with Crippen LogP contribution in [-0.4, -0.2) is 43.8 Å². The van der Waals surface area contributed by atoms with Crippen molar-refractivity contribution in [3.05, 3.63) is 96.1 Å². The second-order valence-electron chi connectivity index (χ2n) is 9.62. The van der Waals surface area contributed by atoms with E-state index in [1.165, 1.54) is 35.2 Å². The summed E-state index contributed by atoms with van der Waals surface area (Å²) in [6.07, 6.45) is -3.84. The lowest BCUT2D eigenvalue weighted by molar-refractivity contribution is -0.140. The highest BCUT2D eigenvalue weighted by Crippen LogP contribution is 2.33. The molecule has 220 valence electrons. The number of nitrogens with zero attached hydrogens (tertiary/aromatic N) is 2. The largest absolute Gasteiger partial charge is 0.416 e. The van der Waals surface area contributed by atoms with Crippen molar-refractivity contribution < 1.29 is 31.2 Å². The Kier molecular flexibility index (Phi) is 10.6. The minimum absolute atomic E-state index is 0.00603. The molecule has 0 aromatic heterocycles. The zero-order chi connectivity index (χ0) is 30.2. The molecule has 11 heteroatoms. The highest BCUT2D eigenvalue weighted by Gasteiger charge is 2.36. The average Bonchev–Trinajstić information content (AvgIpc) is 2.96. The number of benzene rings is 3. The number of carbonyl (C=O) groups excluding carboxylic acids is 2. The van der Waals surface area contributed by atoms with Crippen LogP contribution < -0.4 is 9.62 Å². The van der Waals surface area contributed by atoms with Crippen LogP contribution in [0.3, 0.4) is 0 Å². The molecule has 3 aromatic carbocycles. The molecule has 2 atom stereocenters. The Bertz CT molecular complexity index is 1420. The van der Waals surface area contributed by atoms with Crippen LogP contribution in [0.2, 0.25) is 0 Å². The summed E-state index contributed by atoms with van der Waals surface area (Å²) in [6, 6.07) is 18.7. The minimum atomic E-state index is -4.73. The lowest BCUT2D eigenvalue weighted by Crippen LogP contribution is -2.53. The predicted octanol–water partition coefficient (Wildman–Crippen LogP) is 5.62. The van der Waals surface area contributed by atoms with Crippen molar-refractivity contribution in [3.8, 4) is 0 Å². The van der Waals surface area contributed by atoms with E-state index in [1.807, 2.05) is 13.8 Å². The number of sulfonamides is 1. The van der Waals surface area contributed by atoms with Crippen LogP contribution in [0.15, 0.2) is 89.8 Å². The molecule has 41 heavy (non-hydrogen) atoms. The quantitative estimate of drug-likeness (QED) is 0.297. The maximum Gasteiger partial charge on any atom is 0.416 e. The molecular formula is C30H34F3N3O4S. The monoisotopic (exact) mass is 589 g/mol. The molecule has 3 aromatic rings. The Morgan fingerprint density at radius 3 is 2.05 bits per heavy atom. The summed E-state index contributed by atoms with van der Waals surface area (Å²) in [4.78, 5) is 28.3. The summed E-state index contributed by atoms with van der Waals surface area (Å²) >= 11 is 0. The van der Waals surface area contributed by atoms with Crippen LogP contribution in [0.25, 0.3) is 0 Å². The third kappa shape index (κ3) is 8.09. The molecule has 0 aliphatic carbocycles. The van der Waals surface area contributed by atoms with Gasteiger partial charge in [0.1, 0.15) is 12.6 Å². The second-order valence-corrected chi connectivity index (χ2v) is 11.5. The fourth-order valence-electron chi connectivity index (χ4n) is 4.23. The lowest BCUT2D eigenvalue weighted by Gasteiger charge is -2.33. The first kappa shape index (κ1) is 31.7. The van der Waals surface area contributed by atoms with E-state index < -0.39 is 46.2 Å². The molecule has 2 amide bonds. The fourth-order valence-corrected chi connectivity index (χ4v) is 5.65. The average molecular weight is 590 g/mol. The van der Waals surface area contributed by atoms with Crippen molar-refractivity contribution >= 4 is 27.5 Å². The molecule has 0 radical (unpaired) electrons. The molecule has 0 saturated carbocycles. The molecule has 7 nitrogen and oxygen atoms in total. The molecule has 0 heterocycles. The van der Waals surface area contributed by atoms with Crippen molar-refractivity contribution in [2.45, 2.75) is 63.3 Å². The zero-order valence-electron chi connectivity index (χ0n) is 23.1. The molecule has 3 rings (SSSR count). The lowest BCUT2D eigenvalue weighted by atomic mass is 10.1. The summed E-state index contributed by atoms with van der Waals surface area (Å²) in [7, 11) is -4.48. The number of hydrogen-bond donors (Lipinski definition) is 1. The Balaban J connectivity index is 2.09. The van der Waals surface area contributed by atoms with E-state index in [1.54, 1.807) is 43.3 Å². The summed E-state index contributed by atoms with van der Waals surface area (Å²) in [5.41, 5.74) is -0.683. The van der Waals surface area contributed by atoms with Gasteiger partial charge in [0, 0.05) is 12.6 Å². The Labute approximate surface area is 239 Å². The maximum absolute atomic E-state index is 14.0. The molecule has 0 aliphatic rings. The number of carbonyl (C=O) groups is 2. The number of amides is 2. The summed E-state index contributed by atoms with van der Waals surface area (Å²) < 4.78 is 68.9. The van der Waals surface area contributed by atoms with Crippen molar-refractivity contribution in [1.29, 1.82) is 0 Å². The number of alkyl halides is 3. The van der Waals surface area contributed by atoms with Gasteiger partial charge in [0.05, 0.1) is 16.1 Å². The first-order chi connectivity index (χ1) is 19.4. The third-order valence-corrected chi connectivity index (χ3v) is 8.44. The minimum Gasteiger partial charge on any atom is -0.352 e. The van der Waals surface area contributed by atoms with Crippen molar-refractivity contribution in [3.63, 3.8) is 0 Å². The van der Waals surface area contributed by atoms with Gasteiger partial charge in [0.25, 0.3) is 10.0 Å².